The molecule has 2 rings (SSSR count). The Labute approximate surface area is 135 Å². The number of amides is 2. The fourth-order valence-corrected chi connectivity index (χ4v) is 1.85. The van der Waals surface area contributed by atoms with Crippen molar-refractivity contribution in [1.82, 2.24) is 15.5 Å². The highest BCUT2D eigenvalue weighted by Gasteiger charge is 2.22. The van der Waals surface area contributed by atoms with Gasteiger partial charge in [-0.05, 0) is 30.0 Å². The lowest BCUT2D eigenvalue weighted by Crippen LogP contribution is -2.40. The summed E-state index contributed by atoms with van der Waals surface area (Å²) in [4.78, 5) is 12.0. The summed E-state index contributed by atoms with van der Waals surface area (Å²) in [5.41, 5.74) is 1.97. The molecule has 0 aliphatic heterocycles. The molecular weight excluding hydrogens is 296 g/mol. The minimum absolute atomic E-state index is 0.178. The van der Waals surface area contributed by atoms with Crippen LogP contribution in [0.4, 0.5) is 10.5 Å². The third kappa shape index (κ3) is 4.53. The van der Waals surface area contributed by atoms with Crippen LogP contribution in [0.3, 0.4) is 0 Å². The lowest BCUT2D eigenvalue weighted by Gasteiger charge is -2.26. The first kappa shape index (κ1) is 17.0. The van der Waals surface area contributed by atoms with Gasteiger partial charge < -0.3 is 20.2 Å². The molecule has 3 N–H and O–H groups in total. The molecule has 0 spiro atoms. The molecule has 0 radical (unpaired) electrons. The first-order valence-corrected chi connectivity index (χ1v) is 7.37. The highest BCUT2D eigenvalue weighted by Crippen LogP contribution is 2.24. The second kappa shape index (κ2) is 6.78. The maximum atomic E-state index is 12.0. The maximum Gasteiger partial charge on any atom is 0.319 e. The molecule has 1 unspecified atom stereocenters. The number of carbonyl (C=O) groups is 1. The van der Waals surface area contributed by atoms with Gasteiger partial charge in [0.05, 0.1) is 6.10 Å². The number of urea groups is 1. The molecular formula is C16H22N4O3. The number of aromatic nitrogens is 2. The number of hydrogen-bond donors (Lipinski definition) is 3. The highest BCUT2D eigenvalue weighted by molar-refractivity contribution is 5.90. The Balaban J connectivity index is 2.02. The van der Waals surface area contributed by atoms with Crippen LogP contribution in [0.1, 0.15) is 26.3 Å². The largest absolute Gasteiger partial charge is 0.423 e. The molecule has 1 aromatic carbocycles. The van der Waals surface area contributed by atoms with Gasteiger partial charge in [0.25, 0.3) is 0 Å². The minimum atomic E-state index is -0.626. The molecule has 1 aromatic heterocycles. The second-order valence-electron chi connectivity index (χ2n) is 6.49. The van der Waals surface area contributed by atoms with Crippen molar-refractivity contribution in [1.29, 1.82) is 0 Å². The summed E-state index contributed by atoms with van der Waals surface area (Å²) in [6, 6.07) is 5.09. The van der Waals surface area contributed by atoms with E-state index in [9.17, 15) is 9.90 Å². The van der Waals surface area contributed by atoms with Crippen molar-refractivity contribution in [3.05, 3.63) is 30.2 Å². The van der Waals surface area contributed by atoms with Crippen LogP contribution in [0.25, 0.3) is 11.5 Å². The fraction of sp³-hybridized carbons (Fsp3) is 0.438. The molecule has 7 heteroatoms. The molecule has 1 atom stereocenters. The summed E-state index contributed by atoms with van der Waals surface area (Å²) in [5.74, 6) is 0.386. The van der Waals surface area contributed by atoms with Gasteiger partial charge in [-0.2, -0.15) is 0 Å². The molecule has 2 amide bonds. The summed E-state index contributed by atoms with van der Waals surface area (Å²) < 4.78 is 5.15. The Morgan fingerprint density at radius 2 is 2.13 bits per heavy atom. The van der Waals surface area contributed by atoms with E-state index in [1.54, 1.807) is 6.07 Å². The number of nitrogens with one attached hydrogen (secondary N) is 2. The van der Waals surface area contributed by atoms with Gasteiger partial charge in [0, 0.05) is 17.8 Å². The lowest BCUT2D eigenvalue weighted by atomic mass is 9.89. The molecule has 0 bridgehead atoms. The molecule has 124 valence electrons. The number of aliphatic hydroxyl groups is 1. The number of rotatable bonds is 4. The summed E-state index contributed by atoms with van der Waals surface area (Å²) in [6.45, 7) is 7.80. The van der Waals surface area contributed by atoms with E-state index in [4.69, 9.17) is 4.42 Å². The zero-order valence-corrected chi connectivity index (χ0v) is 13.8. The van der Waals surface area contributed by atoms with Gasteiger partial charge in [0.15, 0.2) is 0 Å². The van der Waals surface area contributed by atoms with Crippen LogP contribution in [-0.2, 0) is 0 Å². The van der Waals surface area contributed by atoms with Crippen molar-refractivity contribution in [2.75, 3.05) is 11.9 Å². The Kier molecular flexibility index (Phi) is 5.00. The highest BCUT2D eigenvalue weighted by atomic mass is 16.4. The van der Waals surface area contributed by atoms with Gasteiger partial charge in [-0.1, -0.05) is 26.8 Å². The average Bonchev–Trinajstić information content (AvgIpc) is 3.00. The molecule has 23 heavy (non-hydrogen) atoms. The van der Waals surface area contributed by atoms with E-state index in [2.05, 4.69) is 20.8 Å². The zero-order valence-electron chi connectivity index (χ0n) is 13.8. The van der Waals surface area contributed by atoms with Crippen LogP contribution in [0.5, 0.6) is 0 Å². The summed E-state index contributed by atoms with van der Waals surface area (Å²) in [7, 11) is 0. The van der Waals surface area contributed by atoms with Gasteiger partial charge >= 0.3 is 6.03 Å². The van der Waals surface area contributed by atoms with Crippen LogP contribution in [0, 0.1) is 12.3 Å². The van der Waals surface area contributed by atoms with Crippen molar-refractivity contribution in [3.63, 3.8) is 0 Å². The summed E-state index contributed by atoms with van der Waals surface area (Å²) >= 11 is 0. The van der Waals surface area contributed by atoms with E-state index < -0.39 is 6.10 Å². The van der Waals surface area contributed by atoms with Crippen molar-refractivity contribution in [2.24, 2.45) is 5.41 Å². The Hall–Kier alpha value is -2.41. The molecule has 0 saturated heterocycles. The Bertz CT molecular complexity index is 662. The Morgan fingerprint density at radius 3 is 2.74 bits per heavy atom. The molecule has 2 aromatic rings. The van der Waals surface area contributed by atoms with E-state index >= 15 is 0 Å². The van der Waals surface area contributed by atoms with E-state index in [0.717, 1.165) is 11.1 Å². The van der Waals surface area contributed by atoms with Crippen molar-refractivity contribution < 1.29 is 14.3 Å². The van der Waals surface area contributed by atoms with Crippen molar-refractivity contribution in [2.45, 2.75) is 33.8 Å². The molecule has 0 aliphatic rings. The third-order valence-electron chi connectivity index (χ3n) is 3.55. The van der Waals surface area contributed by atoms with E-state index in [0.29, 0.717) is 11.6 Å². The third-order valence-corrected chi connectivity index (χ3v) is 3.55. The predicted octanol–water partition coefficient (Wildman–Crippen LogP) is 2.57. The SMILES string of the molecule is Cc1ccc(-c2nnco2)cc1NC(=O)NCC(O)C(C)(C)C. The maximum absolute atomic E-state index is 12.0. The zero-order chi connectivity index (χ0) is 17.0. The van der Waals surface area contributed by atoms with Gasteiger partial charge in [0.2, 0.25) is 12.3 Å². The smallest absolute Gasteiger partial charge is 0.319 e. The first-order valence-electron chi connectivity index (χ1n) is 7.37. The molecule has 1 heterocycles. The topological polar surface area (TPSA) is 100 Å². The number of anilines is 1. The van der Waals surface area contributed by atoms with Crippen molar-refractivity contribution >= 4 is 11.7 Å². The number of hydrogen-bond acceptors (Lipinski definition) is 5. The number of nitrogens with zero attached hydrogens (tertiary/aromatic N) is 2. The molecule has 7 nitrogen and oxygen atoms in total. The average molecular weight is 318 g/mol. The number of benzene rings is 1. The van der Waals surface area contributed by atoms with Crippen LogP contribution in [-0.4, -0.2) is 34.0 Å². The minimum Gasteiger partial charge on any atom is -0.423 e. The monoisotopic (exact) mass is 318 g/mol. The molecule has 0 fully saturated rings. The summed E-state index contributed by atoms with van der Waals surface area (Å²) in [6.07, 6.45) is 0.627. The van der Waals surface area contributed by atoms with Gasteiger partial charge in [-0.3, -0.25) is 0 Å². The van der Waals surface area contributed by atoms with Crippen LogP contribution in [0.2, 0.25) is 0 Å². The van der Waals surface area contributed by atoms with Gasteiger partial charge in [0.1, 0.15) is 0 Å². The number of aliphatic hydroxyl groups excluding tert-OH is 1. The predicted molar refractivity (Wildman–Crippen MR) is 87.0 cm³/mol. The van der Waals surface area contributed by atoms with Crippen LogP contribution in [0.15, 0.2) is 29.0 Å². The Morgan fingerprint density at radius 1 is 1.39 bits per heavy atom. The van der Waals surface area contributed by atoms with E-state index in [-0.39, 0.29) is 18.0 Å². The van der Waals surface area contributed by atoms with Crippen LogP contribution >= 0.6 is 0 Å². The van der Waals surface area contributed by atoms with Gasteiger partial charge in [-0.15, -0.1) is 10.2 Å². The van der Waals surface area contributed by atoms with E-state index in [1.165, 1.54) is 6.39 Å². The normalized spacial score (nSPS) is 12.7. The standard InChI is InChI=1S/C16H22N4O3/c1-10-5-6-11(14-20-18-9-23-14)7-12(10)19-15(22)17-8-13(21)16(2,3)4/h5-7,9,13,21H,8H2,1-4H3,(H2,17,19,22). The quantitative estimate of drug-likeness (QED) is 0.804. The van der Waals surface area contributed by atoms with Crippen LogP contribution < -0.4 is 10.6 Å². The fourth-order valence-electron chi connectivity index (χ4n) is 1.85. The summed E-state index contributed by atoms with van der Waals surface area (Å²) in [5, 5.41) is 22.9. The van der Waals surface area contributed by atoms with E-state index in [1.807, 2.05) is 39.8 Å². The lowest BCUT2D eigenvalue weighted by molar-refractivity contribution is 0.0654. The first-order chi connectivity index (χ1) is 10.8. The van der Waals surface area contributed by atoms with Gasteiger partial charge in [-0.25, -0.2) is 4.79 Å². The number of carbonyl (C=O) groups excluding carboxylic acids is 1. The second-order valence-corrected chi connectivity index (χ2v) is 6.49. The molecule has 0 saturated carbocycles. The molecule has 0 aliphatic carbocycles. The number of aryl methyl sites for hydroxylation is 1. The van der Waals surface area contributed by atoms with Crippen molar-refractivity contribution in [3.8, 4) is 11.5 Å².